The molecular weight excluding hydrogens is 308 g/mol. The molecule has 16 heavy (non-hydrogen) atoms. The molecule has 0 aromatic carbocycles. The van der Waals surface area contributed by atoms with Crippen LogP contribution in [0.4, 0.5) is 0 Å². The van der Waals surface area contributed by atoms with Crippen molar-refractivity contribution in [1.82, 2.24) is 0 Å². The van der Waals surface area contributed by atoms with Crippen LogP contribution >= 0.6 is 12.6 Å². The van der Waals surface area contributed by atoms with Crippen LogP contribution in [0.2, 0.25) is 0 Å². The minimum absolute atomic E-state index is 0. The van der Waals surface area contributed by atoms with Gasteiger partial charge in [-0.25, -0.2) is 0 Å². The van der Waals surface area contributed by atoms with Crippen molar-refractivity contribution in [2.75, 3.05) is 5.75 Å². The molecule has 0 N–H and O–H groups in total. The third kappa shape index (κ3) is 17.5. The maximum atomic E-state index is 4.22. The van der Waals surface area contributed by atoms with Gasteiger partial charge in [-0.3, -0.25) is 0 Å². The predicted molar refractivity (Wildman–Crippen MR) is 74.9 cm³/mol. The van der Waals surface area contributed by atoms with Crippen LogP contribution in [0.3, 0.4) is 0 Å². The average molecular weight is 338 g/mol. The molecule has 0 rings (SSSR count). The molecule has 1 radical (unpaired) electrons. The molecule has 0 aliphatic heterocycles. The summed E-state index contributed by atoms with van der Waals surface area (Å²) in [6.07, 6.45) is 17.2. The molecule has 0 saturated carbocycles. The summed E-state index contributed by atoms with van der Waals surface area (Å²) in [6, 6.07) is 0. The molecular formula is C14H30AgS. The van der Waals surface area contributed by atoms with Crippen molar-refractivity contribution in [3.8, 4) is 0 Å². The maximum Gasteiger partial charge on any atom is 0 e. The standard InChI is InChI=1S/C14H30S.Ag/c1-2-3-4-5-6-7-8-9-10-11-12-13-14-15;/h15H,2-14H2,1H3;. The normalized spacial score (nSPS) is 10.1. The number of rotatable bonds is 12. The largest absolute Gasteiger partial charge is 0.179 e. The van der Waals surface area contributed by atoms with E-state index in [2.05, 4.69) is 19.6 Å². The van der Waals surface area contributed by atoms with E-state index in [1.807, 2.05) is 0 Å². The van der Waals surface area contributed by atoms with Gasteiger partial charge in [0.2, 0.25) is 0 Å². The number of hydrogen-bond donors (Lipinski definition) is 1. The van der Waals surface area contributed by atoms with E-state index in [0.717, 1.165) is 5.75 Å². The molecule has 0 heterocycles. The van der Waals surface area contributed by atoms with Gasteiger partial charge in [-0.2, -0.15) is 12.6 Å². The smallest absolute Gasteiger partial charge is 0 e. The Morgan fingerprint density at radius 1 is 0.562 bits per heavy atom. The zero-order valence-electron chi connectivity index (χ0n) is 10.9. The minimum atomic E-state index is 0. The Balaban J connectivity index is 0. The fourth-order valence-corrected chi connectivity index (χ4v) is 2.18. The molecule has 0 aromatic heterocycles. The summed E-state index contributed by atoms with van der Waals surface area (Å²) >= 11 is 4.22. The Kier molecular flexibility index (Phi) is 22.4. The monoisotopic (exact) mass is 337 g/mol. The maximum absolute atomic E-state index is 4.22. The van der Waals surface area contributed by atoms with Gasteiger partial charge in [-0.1, -0.05) is 77.6 Å². The Morgan fingerprint density at radius 3 is 1.19 bits per heavy atom. The van der Waals surface area contributed by atoms with Crippen LogP contribution in [0.25, 0.3) is 0 Å². The summed E-state index contributed by atoms with van der Waals surface area (Å²) in [5.74, 6) is 1.07. The second-order valence-electron chi connectivity index (χ2n) is 4.61. The van der Waals surface area contributed by atoms with Crippen molar-refractivity contribution in [2.45, 2.75) is 84.0 Å². The molecule has 0 unspecified atom stereocenters. The van der Waals surface area contributed by atoms with E-state index in [-0.39, 0.29) is 22.4 Å². The van der Waals surface area contributed by atoms with Crippen LogP contribution in [0, 0.1) is 0 Å². The van der Waals surface area contributed by atoms with E-state index < -0.39 is 0 Å². The van der Waals surface area contributed by atoms with Crippen molar-refractivity contribution < 1.29 is 22.4 Å². The van der Waals surface area contributed by atoms with Crippen LogP contribution in [-0.2, 0) is 22.4 Å². The quantitative estimate of drug-likeness (QED) is 0.267. The molecule has 0 aromatic rings. The fourth-order valence-electron chi connectivity index (χ4n) is 1.95. The topological polar surface area (TPSA) is 0 Å². The molecule has 0 aliphatic rings. The zero-order chi connectivity index (χ0) is 11.2. The third-order valence-corrected chi connectivity index (χ3v) is 3.33. The van der Waals surface area contributed by atoms with Gasteiger partial charge < -0.3 is 0 Å². The van der Waals surface area contributed by atoms with Gasteiger partial charge in [-0.05, 0) is 12.2 Å². The van der Waals surface area contributed by atoms with Gasteiger partial charge in [0, 0.05) is 22.4 Å². The van der Waals surface area contributed by atoms with Gasteiger partial charge in [-0.15, -0.1) is 0 Å². The molecule has 0 amide bonds. The Morgan fingerprint density at radius 2 is 0.875 bits per heavy atom. The number of thiol groups is 1. The summed E-state index contributed by atoms with van der Waals surface area (Å²) < 4.78 is 0. The first kappa shape index (κ1) is 19.4. The zero-order valence-corrected chi connectivity index (χ0v) is 13.3. The molecule has 103 valence electrons. The van der Waals surface area contributed by atoms with E-state index in [4.69, 9.17) is 0 Å². The minimum Gasteiger partial charge on any atom is -0.179 e. The first-order valence-electron chi connectivity index (χ1n) is 7.02. The summed E-state index contributed by atoms with van der Waals surface area (Å²) in [5, 5.41) is 0. The molecule has 0 bridgehead atoms. The SMILES string of the molecule is CCCCCCCCCCCCCCS.[Ag]. The van der Waals surface area contributed by atoms with Crippen molar-refractivity contribution in [2.24, 2.45) is 0 Å². The third-order valence-electron chi connectivity index (χ3n) is 3.01. The van der Waals surface area contributed by atoms with Crippen LogP contribution in [0.5, 0.6) is 0 Å². The molecule has 0 saturated heterocycles. The van der Waals surface area contributed by atoms with Gasteiger partial charge in [0.1, 0.15) is 0 Å². The first-order chi connectivity index (χ1) is 7.41. The Labute approximate surface area is 124 Å². The summed E-state index contributed by atoms with van der Waals surface area (Å²) in [5.41, 5.74) is 0. The fraction of sp³-hybridized carbons (Fsp3) is 1.00. The molecule has 2 heteroatoms. The Bertz CT molecular complexity index is 94.9. The second kappa shape index (κ2) is 18.5. The van der Waals surface area contributed by atoms with Crippen LogP contribution in [0.15, 0.2) is 0 Å². The molecule has 0 spiro atoms. The Hall–Kier alpha value is 1.09. The van der Waals surface area contributed by atoms with Crippen LogP contribution in [-0.4, -0.2) is 5.75 Å². The van der Waals surface area contributed by atoms with E-state index in [1.54, 1.807) is 0 Å². The molecule has 0 fully saturated rings. The van der Waals surface area contributed by atoms with Crippen molar-refractivity contribution in [1.29, 1.82) is 0 Å². The summed E-state index contributed by atoms with van der Waals surface area (Å²) in [6.45, 7) is 2.28. The van der Waals surface area contributed by atoms with E-state index in [1.165, 1.54) is 77.0 Å². The van der Waals surface area contributed by atoms with Gasteiger partial charge in [0.05, 0.1) is 0 Å². The van der Waals surface area contributed by atoms with Crippen LogP contribution in [0.1, 0.15) is 84.0 Å². The van der Waals surface area contributed by atoms with Crippen molar-refractivity contribution >= 4 is 12.6 Å². The van der Waals surface area contributed by atoms with E-state index in [0.29, 0.717) is 0 Å². The van der Waals surface area contributed by atoms with Crippen molar-refractivity contribution in [3.63, 3.8) is 0 Å². The first-order valence-corrected chi connectivity index (χ1v) is 7.66. The molecule has 0 nitrogen and oxygen atoms in total. The van der Waals surface area contributed by atoms with Crippen molar-refractivity contribution in [3.05, 3.63) is 0 Å². The van der Waals surface area contributed by atoms with E-state index >= 15 is 0 Å². The average Bonchev–Trinajstić information content (AvgIpc) is 2.26. The van der Waals surface area contributed by atoms with Gasteiger partial charge in [0.15, 0.2) is 0 Å². The summed E-state index contributed by atoms with van der Waals surface area (Å²) in [7, 11) is 0. The molecule has 0 aliphatic carbocycles. The predicted octanol–water partition coefficient (Wildman–Crippen LogP) is 5.61. The molecule has 0 atom stereocenters. The van der Waals surface area contributed by atoms with Gasteiger partial charge >= 0.3 is 0 Å². The van der Waals surface area contributed by atoms with Gasteiger partial charge in [0.25, 0.3) is 0 Å². The number of hydrogen-bond acceptors (Lipinski definition) is 1. The number of unbranched alkanes of at least 4 members (excludes halogenated alkanes) is 11. The summed E-state index contributed by atoms with van der Waals surface area (Å²) in [4.78, 5) is 0. The van der Waals surface area contributed by atoms with E-state index in [9.17, 15) is 0 Å². The van der Waals surface area contributed by atoms with Crippen LogP contribution < -0.4 is 0 Å². The second-order valence-corrected chi connectivity index (χ2v) is 5.06.